The van der Waals surface area contributed by atoms with Crippen LogP contribution in [0.4, 0.5) is 11.4 Å². The van der Waals surface area contributed by atoms with Gasteiger partial charge in [0.1, 0.15) is 5.75 Å². The lowest BCUT2D eigenvalue weighted by Gasteiger charge is -2.15. The van der Waals surface area contributed by atoms with E-state index in [4.69, 9.17) is 16.2 Å². The van der Waals surface area contributed by atoms with Crippen LogP contribution in [0.15, 0.2) is 52.3 Å². The van der Waals surface area contributed by atoms with E-state index >= 15 is 0 Å². The number of ether oxygens (including phenoxy) is 1. The number of nitrogen functional groups attached to an aromatic ring is 2. The molecular formula is C20H27N3OS. The van der Waals surface area contributed by atoms with E-state index in [-0.39, 0.29) is 0 Å². The first-order valence-corrected chi connectivity index (χ1v) is 9.81. The zero-order chi connectivity index (χ0) is 17.5. The molecule has 1 heterocycles. The molecule has 0 amide bonds. The fourth-order valence-corrected chi connectivity index (χ4v) is 3.97. The number of benzene rings is 2. The van der Waals surface area contributed by atoms with Gasteiger partial charge in [0, 0.05) is 4.90 Å². The first-order chi connectivity index (χ1) is 12.2. The molecule has 0 spiro atoms. The molecular weight excluding hydrogens is 330 g/mol. The van der Waals surface area contributed by atoms with Gasteiger partial charge in [-0.2, -0.15) is 0 Å². The molecule has 4 nitrogen and oxygen atoms in total. The van der Waals surface area contributed by atoms with E-state index < -0.39 is 0 Å². The predicted molar refractivity (Wildman–Crippen MR) is 106 cm³/mol. The van der Waals surface area contributed by atoms with Gasteiger partial charge in [0.25, 0.3) is 0 Å². The van der Waals surface area contributed by atoms with Crippen molar-refractivity contribution >= 4 is 23.1 Å². The van der Waals surface area contributed by atoms with Gasteiger partial charge >= 0.3 is 0 Å². The normalized spacial score (nSPS) is 14.7. The van der Waals surface area contributed by atoms with Crippen molar-refractivity contribution in [3.05, 3.63) is 42.5 Å². The van der Waals surface area contributed by atoms with Gasteiger partial charge in [-0.3, -0.25) is 0 Å². The second kappa shape index (κ2) is 9.02. The first-order valence-electron chi connectivity index (χ1n) is 8.99. The Morgan fingerprint density at radius 1 is 0.960 bits per heavy atom. The van der Waals surface area contributed by atoms with Crippen LogP contribution in [0.25, 0.3) is 0 Å². The highest BCUT2D eigenvalue weighted by atomic mass is 32.2. The Morgan fingerprint density at radius 3 is 2.56 bits per heavy atom. The Labute approximate surface area is 154 Å². The molecule has 0 aliphatic carbocycles. The number of rotatable bonds is 8. The van der Waals surface area contributed by atoms with Crippen molar-refractivity contribution in [1.29, 1.82) is 0 Å². The standard InChI is InChI=1S/C20H27N3OS/c21-17-10-9-16(15-18(17)22)25-20-8-2-1-7-19(20)24-14-6-5-13-23-11-3-4-12-23/h1-2,7-10,15H,3-6,11-14,21-22H2. The fourth-order valence-electron chi connectivity index (χ4n) is 3.02. The lowest BCUT2D eigenvalue weighted by molar-refractivity contribution is 0.276. The Bertz CT molecular complexity index is 686. The number of nitrogens with zero attached hydrogens (tertiary/aromatic N) is 1. The van der Waals surface area contributed by atoms with Crippen molar-refractivity contribution in [2.45, 2.75) is 35.5 Å². The average Bonchev–Trinajstić information content (AvgIpc) is 3.13. The third-order valence-corrected chi connectivity index (χ3v) is 5.51. The minimum absolute atomic E-state index is 0.616. The lowest BCUT2D eigenvalue weighted by Crippen LogP contribution is -2.20. The van der Waals surface area contributed by atoms with Crippen LogP contribution in [0, 0.1) is 0 Å². The Kier molecular flexibility index (Phi) is 6.48. The summed E-state index contributed by atoms with van der Waals surface area (Å²) in [6.07, 6.45) is 5.00. The molecule has 2 aromatic rings. The highest BCUT2D eigenvalue weighted by Gasteiger charge is 2.10. The third kappa shape index (κ3) is 5.31. The molecule has 25 heavy (non-hydrogen) atoms. The van der Waals surface area contributed by atoms with Gasteiger partial charge in [-0.15, -0.1) is 0 Å². The number of unbranched alkanes of at least 4 members (excludes halogenated alkanes) is 1. The van der Waals surface area contributed by atoms with Crippen LogP contribution >= 0.6 is 11.8 Å². The summed E-state index contributed by atoms with van der Waals surface area (Å²) >= 11 is 1.65. The Hall–Kier alpha value is -1.85. The Morgan fingerprint density at radius 2 is 1.76 bits per heavy atom. The molecule has 1 fully saturated rings. The summed E-state index contributed by atoms with van der Waals surface area (Å²) < 4.78 is 6.03. The molecule has 1 saturated heterocycles. The molecule has 0 atom stereocenters. The van der Waals surface area contributed by atoms with Crippen molar-refractivity contribution in [3.63, 3.8) is 0 Å². The number of para-hydroxylation sites is 1. The van der Waals surface area contributed by atoms with E-state index in [1.807, 2.05) is 36.4 Å². The second-order valence-corrected chi connectivity index (χ2v) is 7.56. The number of hydrogen-bond acceptors (Lipinski definition) is 5. The molecule has 1 aliphatic rings. The summed E-state index contributed by atoms with van der Waals surface area (Å²) in [6, 6.07) is 13.9. The van der Waals surface area contributed by atoms with E-state index in [2.05, 4.69) is 11.0 Å². The molecule has 0 unspecified atom stereocenters. The molecule has 0 aromatic heterocycles. The van der Waals surface area contributed by atoms with Gasteiger partial charge in [0.2, 0.25) is 0 Å². The Balaban J connectivity index is 1.50. The van der Waals surface area contributed by atoms with E-state index in [9.17, 15) is 0 Å². The van der Waals surface area contributed by atoms with Crippen molar-refractivity contribution in [1.82, 2.24) is 4.90 Å². The van der Waals surface area contributed by atoms with Crippen molar-refractivity contribution in [3.8, 4) is 5.75 Å². The zero-order valence-corrected chi connectivity index (χ0v) is 15.4. The molecule has 0 radical (unpaired) electrons. The number of hydrogen-bond donors (Lipinski definition) is 2. The topological polar surface area (TPSA) is 64.5 Å². The minimum Gasteiger partial charge on any atom is -0.492 e. The molecule has 134 valence electrons. The summed E-state index contributed by atoms with van der Waals surface area (Å²) in [5.41, 5.74) is 12.9. The van der Waals surface area contributed by atoms with Gasteiger partial charge < -0.3 is 21.1 Å². The average molecular weight is 358 g/mol. The predicted octanol–water partition coefficient (Wildman–Crippen LogP) is 4.26. The van der Waals surface area contributed by atoms with E-state index in [1.54, 1.807) is 11.8 Å². The largest absolute Gasteiger partial charge is 0.492 e. The monoisotopic (exact) mass is 357 g/mol. The van der Waals surface area contributed by atoms with Gasteiger partial charge in [0.05, 0.1) is 22.9 Å². The number of nitrogens with two attached hydrogens (primary N) is 2. The molecule has 4 N–H and O–H groups in total. The van der Waals surface area contributed by atoms with Crippen molar-refractivity contribution in [2.24, 2.45) is 0 Å². The molecule has 2 aromatic carbocycles. The van der Waals surface area contributed by atoms with Crippen LogP contribution in [0.5, 0.6) is 5.75 Å². The smallest absolute Gasteiger partial charge is 0.133 e. The lowest BCUT2D eigenvalue weighted by atomic mass is 10.3. The molecule has 5 heteroatoms. The van der Waals surface area contributed by atoms with Crippen molar-refractivity contribution in [2.75, 3.05) is 37.7 Å². The summed E-state index contributed by atoms with van der Waals surface area (Å²) in [4.78, 5) is 4.72. The molecule has 0 saturated carbocycles. The van der Waals surface area contributed by atoms with E-state index in [1.165, 1.54) is 38.9 Å². The SMILES string of the molecule is Nc1ccc(Sc2ccccc2OCCCCN2CCCC2)cc1N. The minimum atomic E-state index is 0.616. The number of anilines is 2. The number of likely N-dealkylation sites (tertiary alicyclic amines) is 1. The first kappa shape index (κ1) is 18.0. The van der Waals surface area contributed by atoms with Crippen LogP contribution in [-0.4, -0.2) is 31.1 Å². The van der Waals surface area contributed by atoms with Crippen LogP contribution in [0.3, 0.4) is 0 Å². The molecule has 0 bridgehead atoms. The van der Waals surface area contributed by atoms with Crippen molar-refractivity contribution < 1.29 is 4.74 Å². The van der Waals surface area contributed by atoms with Crippen LogP contribution in [0.1, 0.15) is 25.7 Å². The summed E-state index contributed by atoms with van der Waals surface area (Å²) in [5, 5.41) is 0. The zero-order valence-electron chi connectivity index (χ0n) is 14.6. The van der Waals surface area contributed by atoms with Crippen LogP contribution < -0.4 is 16.2 Å². The maximum Gasteiger partial charge on any atom is 0.133 e. The van der Waals surface area contributed by atoms with Gasteiger partial charge in [-0.1, -0.05) is 23.9 Å². The maximum absolute atomic E-state index is 6.03. The third-order valence-electron chi connectivity index (χ3n) is 4.46. The second-order valence-electron chi connectivity index (χ2n) is 6.44. The van der Waals surface area contributed by atoms with E-state index in [0.29, 0.717) is 11.4 Å². The highest BCUT2D eigenvalue weighted by Crippen LogP contribution is 2.36. The highest BCUT2D eigenvalue weighted by molar-refractivity contribution is 7.99. The van der Waals surface area contributed by atoms with E-state index in [0.717, 1.165) is 28.6 Å². The molecule has 1 aliphatic heterocycles. The van der Waals surface area contributed by atoms with Gasteiger partial charge in [0.15, 0.2) is 0 Å². The summed E-state index contributed by atoms with van der Waals surface area (Å²) in [7, 11) is 0. The maximum atomic E-state index is 6.03. The fraction of sp³-hybridized carbons (Fsp3) is 0.400. The van der Waals surface area contributed by atoms with Gasteiger partial charge in [-0.25, -0.2) is 0 Å². The molecule has 3 rings (SSSR count). The van der Waals surface area contributed by atoms with Crippen LogP contribution in [-0.2, 0) is 0 Å². The summed E-state index contributed by atoms with van der Waals surface area (Å²) in [5.74, 6) is 0.934. The van der Waals surface area contributed by atoms with Gasteiger partial charge in [-0.05, 0) is 75.6 Å². The summed E-state index contributed by atoms with van der Waals surface area (Å²) in [6.45, 7) is 4.50. The van der Waals surface area contributed by atoms with Crippen LogP contribution in [0.2, 0.25) is 0 Å². The quantitative estimate of drug-likeness (QED) is 0.546.